The van der Waals surface area contributed by atoms with Crippen LogP contribution in [0.2, 0.25) is 5.02 Å². The number of nitrogens with zero attached hydrogens (tertiary/aromatic N) is 1. The fourth-order valence-corrected chi connectivity index (χ4v) is 3.15. The number of benzene rings is 1. The van der Waals surface area contributed by atoms with E-state index >= 15 is 0 Å². The van der Waals surface area contributed by atoms with Gasteiger partial charge in [0.25, 0.3) is 0 Å². The van der Waals surface area contributed by atoms with Crippen molar-refractivity contribution in [1.29, 1.82) is 0 Å². The molecule has 1 fully saturated rings. The first-order valence-electron chi connectivity index (χ1n) is 6.09. The van der Waals surface area contributed by atoms with Crippen molar-refractivity contribution in [3.05, 3.63) is 34.9 Å². The highest BCUT2D eigenvalue weighted by Crippen LogP contribution is 2.28. The number of halogens is 1. The highest BCUT2D eigenvalue weighted by molar-refractivity contribution is 7.90. The minimum absolute atomic E-state index is 0.245. The van der Waals surface area contributed by atoms with Crippen molar-refractivity contribution in [3.63, 3.8) is 0 Å². The minimum Gasteiger partial charge on any atom is -0.302 e. The van der Waals surface area contributed by atoms with Gasteiger partial charge in [0.05, 0.1) is 5.75 Å². The van der Waals surface area contributed by atoms with Crippen molar-refractivity contribution >= 4 is 21.4 Å². The first-order valence-corrected chi connectivity index (χ1v) is 8.53. The molecule has 0 bridgehead atoms. The highest BCUT2D eigenvalue weighted by Gasteiger charge is 2.24. The lowest BCUT2D eigenvalue weighted by Crippen LogP contribution is -2.26. The fraction of sp³-hybridized carbons (Fsp3) is 0.538. The van der Waals surface area contributed by atoms with Crippen LogP contribution in [0.25, 0.3) is 0 Å². The fourth-order valence-electron chi connectivity index (χ4n) is 2.36. The summed E-state index contributed by atoms with van der Waals surface area (Å²) in [5.41, 5.74) is 1.25. The Kier molecular flexibility index (Phi) is 4.30. The summed E-state index contributed by atoms with van der Waals surface area (Å²) in [4.78, 5) is 2.21. The van der Waals surface area contributed by atoms with Crippen LogP contribution in [0.4, 0.5) is 0 Å². The van der Waals surface area contributed by atoms with Crippen molar-refractivity contribution in [1.82, 2.24) is 4.90 Å². The number of likely N-dealkylation sites (tertiary alicyclic amines) is 1. The Bertz CT molecular complexity index is 515. The SMILES string of the molecule is CS(=O)(=O)CCN1CCC(c2cccc(Cl)c2)C1. The lowest BCUT2D eigenvalue weighted by Gasteiger charge is -2.15. The first-order chi connectivity index (χ1) is 8.44. The standard InChI is InChI=1S/C13H18ClNO2S/c1-18(16,17)8-7-15-6-5-12(10-15)11-3-2-4-13(14)9-11/h2-4,9,12H,5-8,10H2,1H3. The van der Waals surface area contributed by atoms with E-state index < -0.39 is 9.84 Å². The number of hydrogen-bond acceptors (Lipinski definition) is 3. The summed E-state index contributed by atoms with van der Waals surface area (Å²) in [5, 5.41) is 0.766. The van der Waals surface area contributed by atoms with Gasteiger partial charge in [0.1, 0.15) is 9.84 Å². The summed E-state index contributed by atoms with van der Waals surface area (Å²) < 4.78 is 22.3. The largest absolute Gasteiger partial charge is 0.302 e. The normalized spacial score (nSPS) is 21.3. The number of rotatable bonds is 4. The zero-order valence-corrected chi connectivity index (χ0v) is 12.0. The Labute approximate surface area is 114 Å². The predicted octanol–water partition coefficient (Wildman–Crippen LogP) is 2.17. The summed E-state index contributed by atoms with van der Waals surface area (Å²) in [6.45, 7) is 2.53. The molecule has 18 heavy (non-hydrogen) atoms. The third-order valence-corrected chi connectivity index (χ3v) is 4.53. The molecular formula is C13H18ClNO2S. The quantitative estimate of drug-likeness (QED) is 0.852. The van der Waals surface area contributed by atoms with Gasteiger partial charge in [-0.15, -0.1) is 0 Å². The molecule has 0 spiro atoms. The van der Waals surface area contributed by atoms with Gasteiger partial charge in [0.2, 0.25) is 0 Å². The van der Waals surface area contributed by atoms with Crippen LogP contribution in [-0.4, -0.2) is 45.0 Å². The second-order valence-corrected chi connectivity index (χ2v) is 7.67. The van der Waals surface area contributed by atoms with Gasteiger partial charge in [-0.05, 0) is 36.6 Å². The number of sulfone groups is 1. The van der Waals surface area contributed by atoms with Gasteiger partial charge < -0.3 is 4.90 Å². The zero-order chi connectivity index (χ0) is 13.2. The maximum Gasteiger partial charge on any atom is 0.148 e. The average molecular weight is 288 g/mol. The van der Waals surface area contributed by atoms with E-state index in [1.165, 1.54) is 11.8 Å². The molecular weight excluding hydrogens is 270 g/mol. The van der Waals surface area contributed by atoms with E-state index in [0.29, 0.717) is 12.5 Å². The molecule has 1 aromatic carbocycles. The Morgan fingerprint density at radius 1 is 1.44 bits per heavy atom. The molecule has 0 aliphatic carbocycles. The molecule has 2 rings (SSSR count). The topological polar surface area (TPSA) is 37.4 Å². The summed E-state index contributed by atoms with van der Waals surface area (Å²) >= 11 is 5.99. The first kappa shape index (κ1) is 13.8. The lowest BCUT2D eigenvalue weighted by molar-refractivity contribution is 0.354. The molecule has 1 aromatic rings. The molecule has 0 aromatic heterocycles. The van der Waals surface area contributed by atoms with Crippen LogP contribution in [0.15, 0.2) is 24.3 Å². The monoisotopic (exact) mass is 287 g/mol. The van der Waals surface area contributed by atoms with Gasteiger partial charge in [0.15, 0.2) is 0 Å². The van der Waals surface area contributed by atoms with Gasteiger partial charge in [-0.3, -0.25) is 0 Å². The minimum atomic E-state index is -2.86. The summed E-state index contributed by atoms with van der Waals surface area (Å²) in [5.74, 6) is 0.721. The van der Waals surface area contributed by atoms with Crippen LogP contribution in [0.3, 0.4) is 0 Å². The molecule has 0 N–H and O–H groups in total. The molecule has 0 amide bonds. The van der Waals surface area contributed by atoms with Crippen molar-refractivity contribution in [2.45, 2.75) is 12.3 Å². The van der Waals surface area contributed by atoms with Crippen LogP contribution < -0.4 is 0 Å². The molecule has 1 aliphatic heterocycles. The van der Waals surface area contributed by atoms with Crippen LogP contribution in [0.5, 0.6) is 0 Å². The Morgan fingerprint density at radius 2 is 2.22 bits per heavy atom. The number of hydrogen-bond donors (Lipinski definition) is 0. The molecule has 0 saturated carbocycles. The molecule has 1 atom stereocenters. The second-order valence-electron chi connectivity index (χ2n) is 4.97. The highest BCUT2D eigenvalue weighted by atomic mass is 35.5. The smallest absolute Gasteiger partial charge is 0.148 e. The van der Waals surface area contributed by atoms with Gasteiger partial charge in [-0.2, -0.15) is 0 Å². The molecule has 1 unspecified atom stereocenters. The van der Waals surface area contributed by atoms with Crippen LogP contribution in [-0.2, 0) is 9.84 Å². The summed E-state index contributed by atoms with van der Waals surface area (Å²) in [7, 11) is -2.86. The van der Waals surface area contributed by atoms with Crippen LogP contribution in [0.1, 0.15) is 17.9 Å². The van der Waals surface area contributed by atoms with E-state index in [2.05, 4.69) is 11.0 Å². The maximum absolute atomic E-state index is 11.1. The van der Waals surface area contributed by atoms with E-state index in [4.69, 9.17) is 11.6 Å². The van der Waals surface area contributed by atoms with Crippen molar-refractivity contribution in [2.24, 2.45) is 0 Å². The molecule has 1 heterocycles. The molecule has 100 valence electrons. The second kappa shape index (κ2) is 5.59. The molecule has 1 saturated heterocycles. The molecule has 5 heteroatoms. The average Bonchev–Trinajstić information content (AvgIpc) is 2.74. The van der Waals surface area contributed by atoms with Gasteiger partial charge in [-0.1, -0.05) is 23.7 Å². The Hall–Kier alpha value is -0.580. The zero-order valence-electron chi connectivity index (χ0n) is 10.5. The summed E-state index contributed by atoms with van der Waals surface area (Å²) in [6.07, 6.45) is 2.36. The van der Waals surface area contributed by atoms with E-state index in [0.717, 1.165) is 24.5 Å². The van der Waals surface area contributed by atoms with Crippen molar-refractivity contribution < 1.29 is 8.42 Å². The third-order valence-electron chi connectivity index (χ3n) is 3.37. The van der Waals surface area contributed by atoms with E-state index in [1.807, 2.05) is 18.2 Å². The molecule has 0 radical (unpaired) electrons. The Morgan fingerprint density at radius 3 is 2.89 bits per heavy atom. The Balaban J connectivity index is 1.92. The van der Waals surface area contributed by atoms with E-state index in [9.17, 15) is 8.42 Å². The summed E-state index contributed by atoms with van der Waals surface area (Å²) in [6, 6.07) is 7.95. The molecule has 1 aliphatic rings. The molecule has 3 nitrogen and oxygen atoms in total. The van der Waals surface area contributed by atoms with Gasteiger partial charge in [-0.25, -0.2) is 8.42 Å². The van der Waals surface area contributed by atoms with Gasteiger partial charge in [0, 0.05) is 24.4 Å². The lowest BCUT2D eigenvalue weighted by atomic mass is 9.99. The van der Waals surface area contributed by atoms with E-state index in [-0.39, 0.29) is 5.75 Å². The van der Waals surface area contributed by atoms with E-state index in [1.54, 1.807) is 0 Å². The van der Waals surface area contributed by atoms with Crippen molar-refractivity contribution in [2.75, 3.05) is 31.6 Å². The predicted molar refractivity (Wildman–Crippen MR) is 75.0 cm³/mol. The third kappa shape index (κ3) is 3.97. The van der Waals surface area contributed by atoms with Crippen molar-refractivity contribution in [3.8, 4) is 0 Å². The maximum atomic E-state index is 11.1. The van der Waals surface area contributed by atoms with Crippen LogP contribution >= 0.6 is 11.6 Å². The van der Waals surface area contributed by atoms with Gasteiger partial charge >= 0.3 is 0 Å². The van der Waals surface area contributed by atoms with Crippen LogP contribution in [0, 0.1) is 0 Å².